The number of thiazole rings is 1. The summed E-state index contributed by atoms with van der Waals surface area (Å²) in [6.45, 7) is 1.29. The smallest absolute Gasteiger partial charge is 0.274 e. The van der Waals surface area contributed by atoms with Gasteiger partial charge in [-0.3, -0.25) is 4.79 Å². The fourth-order valence-electron chi connectivity index (χ4n) is 3.05. The number of rotatable bonds is 3. The Kier molecular flexibility index (Phi) is 4.91. The van der Waals surface area contributed by atoms with Crippen LogP contribution in [0.3, 0.4) is 0 Å². The van der Waals surface area contributed by atoms with Gasteiger partial charge in [0.25, 0.3) is 11.1 Å². The van der Waals surface area contributed by atoms with Crippen LogP contribution in [0.2, 0.25) is 0 Å². The molecule has 1 aromatic heterocycles. The monoisotopic (exact) mass is 434 g/mol. The van der Waals surface area contributed by atoms with Crippen LogP contribution in [0, 0.1) is 5.82 Å². The zero-order chi connectivity index (χ0) is 18.1. The van der Waals surface area contributed by atoms with Crippen LogP contribution in [-0.4, -0.2) is 35.0 Å². The molecule has 3 aromatic rings. The SMILES string of the molecule is O=C(c1ccccc1Br)N1CCC(Oc2nc3ccc(F)cc3s2)CC1. The number of piperidine rings is 1. The normalized spacial score (nSPS) is 15.4. The van der Waals surface area contributed by atoms with E-state index in [0.717, 1.165) is 27.5 Å². The Labute approximate surface area is 162 Å². The van der Waals surface area contributed by atoms with E-state index >= 15 is 0 Å². The number of hydrogen-bond acceptors (Lipinski definition) is 4. The van der Waals surface area contributed by atoms with E-state index in [1.807, 2.05) is 29.2 Å². The van der Waals surface area contributed by atoms with Gasteiger partial charge in [-0.1, -0.05) is 23.5 Å². The van der Waals surface area contributed by atoms with E-state index in [1.54, 1.807) is 6.07 Å². The van der Waals surface area contributed by atoms with Crippen molar-refractivity contribution in [3.05, 3.63) is 58.3 Å². The number of halogens is 2. The molecule has 7 heteroatoms. The second-order valence-corrected chi connectivity index (χ2v) is 8.03. The van der Waals surface area contributed by atoms with Gasteiger partial charge in [0.05, 0.1) is 15.8 Å². The molecule has 0 bridgehead atoms. The number of likely N-dealkylation sites (tertiary alicyclic amines) is 1. The average molecular weight is 435 g/mol. The lowest BCUT2D eigenvalue weighted by Crippen LogP contribution is -2.41. The van der Waals surface area contributed by atoms with Crippen molar-refractivity contribution in [2.45, 2.75) is 18.9 Å². The third-order valence-electron chi connectivity index (χ3n) is 4.43. The first-order chi connectivity index (χ1) is 12.6. The molecule has 2 aromatic carbocycles. The van der Waals surface area contributed by atoms with Gasteiger partial charge in [0.1, 0.15) is 11.9 Å². The summed E-state index contributed by atoms with van der Waals surface area (Å²) in [7, 11) is 0. The highest BCUT2D eigenvalue weighted by atomic mass is 79.9. The third-order valence-corrected chi connectivity index (χ3v) is 6.03. The van der Waals surface area contributed by atoms with Gasteiger partial charge in [0.2, 0.25) is 0 Å². The molecule has 4 rings (SSSR count). The molecule has 1 amide bonds. The number of benzene rings is 2. The van der Waals surface area contributed by atoms with Crippen molar-refractivity contribution in [2.75, 3.05) is 13.1 Å². The predicted octanol–water partition coefficient (Wildman–Crippen LogP) is 4.88. The summed E-state index contributed by atoms with van der Waals surface area (Å²) in [5.41, 5.74) is 1.42. The highest BCUT2D eigenvalue weighted by Gasteiger charge is 2.26. The molecule has 2 heterocycles. The van der Waals surface area contributed by atoms with Crippen LogP contribution in [0.25, 0.3) is 10.2 Å². The number of carbonyl (C=O) groups excluding carboxylic acids is 1. The van der Waals surface area contributed by atoms with Crippen LogP contribution < -0.4 is 4.74 Å². The van der Waals surface area contributed by atoms with Gasteiger partial charge in [-0.05, 0) is 46.3 Å². The molecule has 1 saturated heterocycles. The standard InChI is InChI=1S/C19H16BrFN2O2S/c20-15-4-2-1-3-14(15)18(24)23-9-7-13(8-10-23)25-19-22-16-6-5-12(21)11-17(16)26-19/h1-6,11,13H,7-10H2. The second kappa shape index (κ2) is 7.32. The highest BCUT2D eigenvalue weighted by Crippen LogP contribution is 2.30. The Bertz CT molecular complexity index is 954. The van der Waals surface area contributed by atoms with Gasteiger partial charge in [-0.15, -0.1) is 0 Å². The summed E-state index contributed by atoms with van der Waals surface area (Å²) < 4.78 is 20.9. The fraction of sp³-hybridized carbons (Fsp3) is 0.263. The Hall–Kier alpha value is -1.99. The van der Waals surface area contributed by atoms with Gasteiger partial charge >= 0.3 is 0 Å². The first-order valence-corrected chi connectivity index (χ1v) is 9.97. The molecule has 134 valence electrons. The molecular formula is C19H16BrFN2O2S. The maximum atomic E-state index is 13.3. The Morgan fingerprint density at radius 2 is 2.00 bits per heavy atom. The molecule has 0 aliphatic carbocycles. The topological polar surface area (TPSA) is 42.4 Å². The fourth-order valence-corrected chi connectivity index (χ4v) is 4.41. The van der Waals surface area contributed by atoms with E-state index < -0.39 is 0 Å². The number of nitrogens with zero attached hydrogens (tertiary/aromatic N) is 2. The lowest BCUT2D eigenvalue weighted by molar-refractivity contribution is 0.0594. The molecule has 1 aliphatic rings. The minimum atomic E-state index is -0.272. The van der Waals surface area contributed by atoms with E-state index in [4.69, 9.17) is 4.74 Å². The van der Waals surface area contributed by atoms with Gasteiger partial charge in [-0.2, -0.15) is 0 Å². The van der Waals surface area contributed by atoms with Crippen LogP contribution in [0.4, 0.5) is 4.39 Å². The Morgan fingerprint density at radius 3 is 2.77 bits per heavy atom. The lowest BCUT2D eigenvalue weighted by atomic mass is 10.1. The third kappa shape index (κ3) is 3.59. The number of amides is 1. The molecule has 0 N–H and O–H groups in total. The number of ether oxygens (including phenoxy) is 1. The molecule has 0 radical (unpaired) electrons. The van der Waals surface area contributed by atoms with Gasteiger partial charge in [0, 0.05) is 30.4 Å². The summed E-state index contributed by atoms with van der Waals surface area (Å²) in [4.78, 5) is 18.9. The minimum absolute atomic E-state index is 0.0173. The van der Waals surface area contributed by atoms with Gasteiger partial charge in [0.15, 0.2) is 0 Å². The molecule has 1 fully saturated rings. The minimum Gasteiger partial charge on any atom is -0.467 e. The van der Waals surface area contributed by atoms with Crippen LogP contribution >= 0.6 is 27.3 Å². The van der Waals surface area contributed by atoms with Crippen molar-refractivity contribution >= 4 is 43.4 Å². The van der Waals surface area contributed by atoms with Crippen molar-refractivity contribution in [1.82, 2.24) is 9.88 Å². The molecule has 0 saturated carbocycles. The van der Waals surface area contributed by atoms with E-state index in [2.05, 4.69) is 20.9 Å². The van der Waals surface area contributed by atoms with Crippen LogP contribution in [0.1, 0.15) is 23.2 Å². The zero-order valence-corrected chi connectivity index (χ0v) is 16.2. The van der Waals surface area contributed by atoms with E-state index in [-0.39, 0.29) is 17.8 Å². The van der Waals surface area contributed by atoms with Crippen molar-refractivity contribution in [3.63, 3.8) is 0 Å². The molecule has 4 nitrogen and oxygen atoms in total. The molecule has 0 spiro atoms. The Balaban J connectivity index is 1.38. The number of fused-ring (bicyclic) bond motifs is 1. The summed E-state index contributed by atoms with van der Waals surface area (Å²) >= 11 is 4.79. The first-order valence-electron chi connectivity index (χ1n) is 8.37. The second-order valence-electron chi connectivity index (χ2n) is 6.18. The van der Waals surface area contributed by atoms with Crippen LogP contribution in [0.5, 0.6) is 5.19 Å². The molecular weight excluding hydrogens is 419 g/mol. The zero-order valence-electron chi connectivity index (χ0n) is 13.8. The van der Waals surface area contributed by atoms with Crippen molar-refractivity contribution in [3.8, 4) is 5.19 Å². The number of aromatic nitrogens is 1. The van der Waals surface area contributed by atoms with E-state index in [0.29, 0.717) is 23.8 Å². The summed E-state index contributed by atoms with van der Waals surface area (Å²) in [6, 6.07) is 12.0. The molecule has 26 heavy (non-hydrogen) atoms. The largest absolute Gasteiger partial charge is 0.467 e. The van der Waals surface area contributed by atoms with E-state index in [1.165, 1.54) is 23.5 Å². The first kappa shape index (κ1) is 17.4. The average Bonchev–Trinajstić information content (AvgIpc) is 3.03. The molecule has 1 aliphatic heterocycles. The highest BCUT2D eigenvalue weighted by molar-refractivity contribution is 9.10. The van der Waals surface area contributed by atoms with Crippen molar-refractivity contribution in [2.24, 2.45) is 0 Å². The van der Waals surface area contributed by atoms with Gasteiger partial charge in [-0.25, -0.2) is 9.37 Å². The van der Waals surface area contributed by atoms with E-state index in [9.17, 15) is 9.18 Å². The quantitative estimate of drug-likeness (QED) is 0.589. The number of hydrogen-bond donors (Lipinski definition) is 0. The van der Waals surface area contributed by atoms with Crippen molar-refractivity contribution in [1.29, 1.82) is 0 Å². The lowest BCUT2D eigenvalue weighted by Gasteiger charge is -2.31. The molecule has 0 atom stereocenters. The number of carbonyl (C=O) groups is 1. The maximum absolute atomic E-state index is 13.3. The molecule has 0 unspecified atom stereocenters. The van der Waals surface area contributed by atoms with Gasteiger partial charge < -0.3 is 9.64 Å². The Morgan fingerprint density at radius 1 is 1.23 bits per heavy atom. The summed E-state index contributed by atoms with van der Waals surface area (Å²) in [6.07, 6.45) is 1.52. The van der Waals surface area contributed by atoms with Crippen molar-refractivity contribution < 1.29 is 13.9 Å². The van der Waals surface area contributed by atoms with Crippen LogP contribution in [-0.2, 0) is 0 Å². The van der Waals surface area contributed by atoms with Crippen LogP contribution in [0.15, 0.2) is 46.9 Å². The summed E-state index contributed by atoms with van der Waals surface area (Å²) in [5.74, 6) is -0.238. The maximum Gasteiger partial charge on any atom is 0.274 e. The summed E-state index contributed by atoms with van der Waals surface area (Å²) in [5, 5.41) is 0.557. The predicted molar refractivity (Wildman–Crippen MR) is 103 cm³/mol.